The third-order valence-corrected chi connectivity index (χ3v) is 3.45. The number of aromatic nitrogens is 2. The first-order valence-corrected chi connectivity index (χ1v) is 6.81. The molecule has 0 saturated heterocycles. The maximum Gasteiger partial charge on any atom is 0.127 e. The summed E-state index contributed by atoms with van der Waals surface area (Å²) in [5, 5.41) is 5.22. The summed E-state index contributed by atoms with van der Waals surface area (Å²) >= 11 is 5.90. The predicted octanol–water partition coefficient (Wildman–Crippen LogP) is 3.78. The zero-order chi connectivity index (χ0) is 14.8. The van der Waals surface area contributed by atoms with Gasteiger partial charge in [0.15, 0.2) is 0 Å². The molecule has 0 spiro atoms. The normalized spacial score (nSPS) is 10.6. The van der Waals surface area contributed by atoms with E-state index in [-0.39, 0.29) is 0 Å². The van der Waals surface area contributed by atoms with Gasteiger partial charge in [-0.3, -0.25) is 0 Å². The van der Waals surface area contributed by atoms with Crippen molar-refractivity contribution in [3.63, 3.8) is 0 Å². The Labute approximate surface area is 127 Å². The number of hydrogen-bond acceptors (Lipinski definition) is 3. The molecule has 4 nitrogen and oxygen atoms in total. The van der Waals surface area contributed by atoms with E-state index in [1.807, 2.05) is 54.6 Å². The summed E-state index contributed by atoms with van der Waals surface area (Å²) in [4.78, 5) is 0. The lowest BCUT2D eigenvalue weighted by molar-refractivity contribution is 0.415. The molecule has 0 aliphatic carbocycles. The molecule has 3 aromatic rings. The van der Waals surface area contributed by atoms with Crippen LogP contribution in [0, 0.1) is 0 Å². The molecule has 1 aromatic heterocycles. The van der Waals surface area contributed by atoms with Crippen molar-refractivity contribution in [2.24, 2.45) is 0 Å². The standard InChI is InChI=1S/C16H14ClN3O/c1-21-14-8-2-11(3-9-14)15-10-16(18)20(19-15)13-6-4-12(17)5-7-13/h2-10H,18H2,1H3. The summed E-state index contributed by atoms with van der Waals surface area (Å²) in [6.45, 7) is 0. The van der Waals surface area contributed by atoms with E-state index in [1.54, 1.807) is 11.8 Å². The molecule has 5 heteroatoms. The third kappa shape index (κ3) is 2.71. The van der Waals surface area contributed by atoms with E-state index >= 15 is 0 Å². The number of ether oxygens (including phenoxy) is 1. The fourth-order valence-electron chi connectivity index (χ4n) is 2.09. The lowest BCUT2D eigenvalue weighted by atomic mass is 10.1. The van der Waals surface area contributed by atoms with Crippen molar-refractivity contribution in [3.05, 3.63) is 59.6 Å². The average Bonchev–Trinajstić information content (AvgIpc) is 2.90. The molecule has 3 rings (SSSR count). The van der Waals surface area contributed by atoms with E-state index in [9.17, 15) is 0 Å². The summed E-state index contributed by atoms with van der Waals surface area (Å²) in [6.07, 6.45) is 0. The highest BCUT2D eigenvalue weighted by Crippen LogP contribution is 2.25. The number of nitrogen functional groups attached to an aromatic ring is 1. The average molecular weight is 300 g/mol. The summed E-state index contributed by atoms with van der Waals surface area (Å²) in [6, 6.07) is 16.9. The van der Waals surface area contributed by atoms with Gasteiger partial charge in [0.05, 0.1) is 18.5 Å². The number of nitrogens with zero attached hydrogens (tertiary/aromatic N) is 2. The zero-order valence-corrected chi connectivity index (χ0v) is 12.2. The van der Waals surface area contributed by atoms with Gasteiger partial charge < -0.3 is 10.5 Å². The van der Waals surface area contributed by atoms with Crippen LogP contribution >= 0.6 is 11.6 Å². The van der Waals surface area contributed by atoms with E-state index in [2.05, 4.69) is 5.10 Å². The molecule has 0 aliphatic rings. The van der Waals surface area contributed by atoms with Crippen LogP contribution in [-0.2, 0) is 0 Å². The van der Waals surface area contributed by atoms with Crippen LogP contribution in [0.1, 0.15) is 0 Å². The maximum atomic E-state index is 6.05. The Balaban J connectivity index is 1.98. The molecule has 0 fully saturated rings. The van der Waals surface area contributed by atoms with Gasteiger partial charge in [-0.05, 0) is 48.5 Å². The number of benzene rings is 2. The zero-order valence-electron chi connectivity index (χ0n) is 11.5. The van der Waals surface area contributed by atoms with Gasteiger partial charge in [0.2, 0.25) is 0 Å². The second kappa shape index (κ2) is 5.50. The van der Waals surface area contributed by atoms with Crippen molar-refractivity contribution in [1.82, 2.24) is 9.78 Å². The Morgan fingerprint density at radius 3 is 2.33 bits per heavy atom. The highest BCUT2D eigenvalue weighted by Gasteiger charge is 2.09. The van der Waals surface area contributed by atoms with Crippen molar-refractivity contribution >= 4 is 17.4 Å². The van der Waals surface area contributed by atoms with Gasteiger partial charge in [0.1, 0.15) is 11.6 Å². The summed E-state index contributed by atoms with van der Waals surface area (Å²) in [5.41, 5.74) is 8.71. The highest BCUT2D eigenvalue weighted by atomic mass is 35.5. The molecular formula is C16H14ClN3O. The predicted molar refractivity (Wildman–Crippen MR) is 85.0 cm³/mol. The molecule has 1 heterocycles. The summed E-state index contributed by atoms with van der Waals surface area (Å²) in [5.74, 6) is 1.38. The highest BCUT2D eigenvalue weighted by molar-refractivity contribution is 6.30. The van der Waals surface area contributed by atoms with Crippen molar-refractivity contribution in [2.45, 2.75) is 0 Å². The monoisotopic (exact) mass is 299 g/mol. The van der Waals surface area contributed by atoms with Gasteiger partial charge in [0, 0.05) is 16.7 Å². The largest absolute Gasteiger partial charge is 0.497 e. The first kappa shape index (κ1) is 13.5. The van der Waals surface area contributed by atoms with Crippen LogP contribution < -0.4 is 10.5 Å². The minimum absolute atomic E-state index is 0.572. The molecule has 2 N–H and O–H groups in total. The molecule has 21 heavy (non-hydrogen) atoms. The molecular weight excluding hydrogens is 286 g/mol. The van der Waals surface area contributed by atoms with Gasteiger partial charge in [-0.25, -0.2) is 4.68 Å². The Morgan fingerprint density at radius 2 is 1.71 bits per heavy atom. The van der Waals surface area contributed by atoms with Crippen LogP contribution in [0.15, 0.2) is 54.6 Å². The molecule has 0 saturated carbocycles. The Hall–Kier alpha value is -2.46. The SMILES string of the molecule is COc1ccc(-c2cc(N)n(-c3ccc(Cl)cc3)n2)cc1. The third-order valence-electron chi connectivity index (χ3n) is 3.19. The molecule has 0 amide bonds. The number of methoxy groups -OCH3 is 1. The van der Waals surface area contributed by atoms with Gasteiger partial charge in [-0.15, -0.1) is 0 Å². The van der Waals surface area contributed by atoms with E-state index < -0.39 is 0 Å². The smallest absolute Gasteiger partial charge is 0.127 e. The topological polar surface area (TPSA) is 53.1 Å². The van der Waals surface area contributed by atoms with Gasteiger partial charge >= 0.3 is 0 Å². The van der Waals surface area contributed by atoms with Gasteiger partial charge in [-0.2, -0.15) is 5.10 Å². The first-order valence-electron chi connectivity index (χ1n) is 6.43. The second-order valence-corrected chi connectivity index (χ2v) is 5.01. The van der Waals surface area contributed by atoms with E-state index in [0.717, 1.165) is 22.7 Å². The van der Waals surface area contributed by atoms with Crippen LogP contribution in [0.3, 0.4) is 0 Å². The Bertz CT molecular complexity index is 748. The number of nitrogens with two attached hydrogens (primary N) is 1. The van der Waals surface area contributed by atoms with E-state index in [1.165, 1.54) is 0 Å². The quantitative estimate of drug-likeness (QED) is 0.800. The van der Waals surface area contributed by atoms with Crippen LogP contribution in [0.4, 0.5) is 5.82 Å². The minimum atomic E-state index is 0.572. The fourth-order valence-corrected chi connectivity index (χ4v) is 2.21. The molecule has 2 aromatic carbocycles. The Morgan fingerprint density at radius 1 is 1.05 bits per heavy atom. The van der Waals surface area contributed by atoms with Crippen molar-refractivity contribution in [3.8, 4) is 22.7 Å². The fraction of sp³-hybridized carbons (Fsp3) is 0.0625. The molecule has 106 valence electrons. The van der Waals surface area contributed by atoms with Gasteiger partial charge in [0.25, 0.3) is 0 Å². The molecule has 0 atom stereocenters. The lowest BCUT2D eigenvalue weighted by Crippen LogP contribution is -2.01. The van der Waals surface area contributed by atoms with Crippen LogP contribution in [-0.4, -0.2) is 16.9 Å². The summed E-state index contributed by atoms with van der Waals surface area (Å²) < 4.78 is 6.84. The van der Waals surface area contributed by atoms with Crippen LogP contribution in [0.5, 0.6) is 5.75 Å². The first-order chi connectivity index (χ1) is 10.2. The number of rotatable bonds is 3. The van der Waals surface area contributed by atoms with Crippen LogP contribution in [0.25, 0.3) is 16.9 Å². The minimum Gasteiger partial charge on any atom is -0.497 e. The second-order valence-electron chi connectivity index (χ2n) is 4.57. The lowest BCUT2D eigenvalue weighted by Gasteiger charge is -2.03. The number of hydrogen-bond donors (Lipinski definition) is 1. The van der Waals surface area contributed by atoms with Crippen molar-refractivity contribution in [2.75, 3.05) is 12.8 Å². The van der Waals surface area contributed by atoms with Crippen LogP contribution in [0.2, 0.25) is 5.02 Å². The van der Waals surface area contributed by atoms with E-state index in [4.69, 9.17) is 22.1 Å². The molecule has 0 unspecified atom stereocenters. The summed E-state index contributed by atoms with van der Waals surface area (Å²) in [7, 11) is 1.64. The molecule has 0 bridgehead atoms. The molecule has 0 radical (unpaired) electrons. The van der Waals surface area contributed by atoms with Gasteiger partial charge in [-0.1, -0.05) is 11.6 Å². The maximum absolute atomic E-state index is 6.05. The van der Waals surface area contributed by atoms with Crippen molar-refractivity contribution < 1.29 is 4.74 Å². The molecule has 0 aliphatic heterocycles. The number of halogens is 1. The number of anilines is 1. The van der Waals surface area contributed by atoms with E-state index in [0.29, 0.717) is 10.8 Å². The van der Waals surface area contributed by atoms with Crippen molar-refractivity contribution in [1.29, 1.82) is 0 Å². The Kier molecular flexibility index (Phi) is 3.54.